The fourth-order valence-corrected chi connectivity index (χ4v) is 14.4. The Bertz CT molecular complexity index is 3160. The number of ether oxygens (including phenoxy) is 3. The van der Waals surface area contributed by atoms with Crippen LogP contribution in [0.1, 0.15) is 249 Å². The van der Waals surface area contributed by atoms with E-state index in [1.54, 1.807) is 22.9 Å². The maximum atomic E-state index is 11.6. The summed E-state index contributed by atoms with van der Waals surface area (Å²) in [6.45, 7) is 41.5. The predicted molar refractivity (Wildman–Crippen MR) is 436 cm³/mol. The number of rotatable bonds is 33. The van der Waals surface area contributed by atoms with Gasteiger partial charge in [-0.05, 0) is 208 Å². The number of carbonyl (C=O) groups excluding carboxylic acids is 2. The van der Waals surface area contributed by atoms with Crippen molar-refractivity contribution in [2.24, 2.45) is 40.1 Å². The maximum absolute atomic E-state index is 11.6. The molecule has 2 aliphatic heterocycles. The van der Waals surface area contributed by atoms with Gasteiger partial charge in [-0.1, -0.05) is 219 Å². The molecule has 0 spiro atoms. The van der Waals surface area contributed by atoms with Crippen molar-refractivity contribution >= 4 is 50.6 Å². The summed E-state index contributed by atoms with van der Waals surface area (Å²) in [5, 5.41) is 52.6. The molecule has 0 saturated heterocycles. The minimum atomic E-state index is -1.42. The smallest absolute Gasteiger partial charge is 0.377 e. The Balaban J connectivity index is 0.000000749. The van der Waals surface area contributed by atoms with Crippen LogP contribution in [0.2, 0.25) is 11.1 Å². The van der Waals surface area contributed by atoms with Crippen molar-refractivity contribution < 1.29 is 64.0 Å². The Morgan fingerprint density at radius 3 is 1.50 bits per heavy atom. The first-order valence-electron chi connectivity index (χ1n) is 37.7. The molecule has 0 radical (unpaired) electrons. The topological polar surface area (TPSA) is 269 Å². The van der Waals surface area contributed by atoms with Gasteiger partial charge in [0.05, 0.1) is 6.61 Å². The Morgan fingerprint density at radius 1 is 0.635 bits per heavy atom. The molecule has 0 saturated carbocycles. The number of fused-ring (bicyclic) bond motifs is 1. The summed E-state index contributed by atoms with van der Waals surface area (Å²) in [6.07, 6.45) is 52.6. The normalized spacial score (nSPS) is 20.1. The number of carboxylic acids is 2. The number of aliphatic hydroxyl groups excluding tert-OH is 4. The van der Waals surface area contributed by atoms with Crippen molar-refractivity contribution in [1.29, 1.82) is 0 Å². The maximum Gasteiger partial charge on any atom is 0.377 e. The second-order valence-corrected chi connectivity index (χ2v) is 34.1. The summed E-state index contributed by atoms with van der Waals surface area (Å²) >= 11 is 2.15. The molecule has 1 aromatic rings. The van der Waals surface area contributed by atoms with Gasteiger partial charge in [-0.3, -0.25) is 9.59 Å². The van der Waals surface area contributed by atoms with E-state index in [-0.39, 0.29) is 11.6 Å². The Morgan fingerprint density at radius 2 is 1.09 bits per heavy atom. The number of aliphatic hydroxyl groups is 4. The molecule has 7 atom stereocenters. The molecule has 0 amide bonds. The van der Waals surface area contributed by atoms with E-state index in [2.05, 4.69) is 213 Å². The molecule has 0 bridgehead atoms. The molecule has 4 aliphatic rings. The summed E-state index contributed by atoms with van der Waals surface area (Å²) in [5.74, 6) is 2.29. The molecule has 1 aromatic carbocycles. The van der Waals surface area contributed by atoms with Gasteiger partial charge in [-0.2, -0.15) is 11.8 Å². The number of esters is 2. The van der Waals surface area contributed by atoms with Gasteiger partial charge in [0, 0.05) is 12.5 Å². The first-order chi connectivity index (χ1) is 48.7. The number of allylic oxidation sites excluding steroid dienone is 22. The molecule has 17 heteroatoms. The Kier molecular flexibility index (Phi) is 46.1. The third kappa shape index (κ3) is 37.1. The van der Waals surface area contributed by atoms with Crippen molar-refractivity contribution in [2.45, 2.75) is 295 Å². The molecule has 15 nitrogen and oxygen atoms in total. The van der Waals surface area contributed by atoms with E-state index < -0.39 is 60.3 Å². The zero-order valence-electron chi connectivity index (χ0n) is 67.7. The Labute approximate surface area is 639 Å². The fraction of sp³-hybridized carbons (Fsp3) is 0.609. The van der Waals surface area contributed by atoms with E-state index in [1.165, 1.54) is 136 Å². The number of carbonyl (C=O) groups is 4. The number of carboxylic acid groups (broad SMARTS) is 2. The van der Waals surface area contributed by atoms with Crippen LogP contribution >= 0.6 is 11.8 Å². The van der Waals surface area contributed by atoms with Crippen LogP contribution in [0.25, 0.3) is 0 Å². The van der Waals surface area contributed by atoms with Crippen LogP contribution in [0, 0.1) is 49.4 Å². The van der Waals surface area contributed by atoms with E-state index in [0.29, 0.717) is 38.6 Å². The average Bonchev–Trinajstić information content (AvgIpc) is 0.934. The molecule has 5 rings (SSSR count). The van der Waals surface area contributed by atoms with Crippen LogP contribution < -0.4 is 20.9 Å². The van der Waals surface area contributed by atoms with Gasteiger partial charge < -0.3 is 45.5 Å². The molecule has 586 valence electrons. The first kappa shape index (κ1) is 96.1. The number of cyclic esters (lactones) is 1. The number of benzene rings is 1. The van der Waals surface area contributed by atoms with Crippen molar-refractivity contribution in [3.8, 4) is 11.5 Å². The largest absolute Gasteiger partial charge is 0.505 e. The van der Waals surface area contributed by atoms with Gasteiger partial charge in [-0.15, -0.1) is 0 Å². The van der Waals surface area contributed by atoms with Crippen LogP contribution in [0.3, 0.4) is 0 Å². The average molecular weight is 1530 g/mol. The summed E-state index contributed by atoms with van der Waals surface area (Å²) in [5.41, 5.74) is 26.4. The van der Waals surface area contributed by atoms with Gasteiger partial charge in [0.1, 0.15) is 29.2 Å². The van der Waals surface area contributed by atoms with Gasteiger partial charge in [-0.25, -0.2) is 4.79 Å². The third-order valence-electron chi connectivity index (χ3n) is 19.8. The first-order valence-corrected chi connectivity index (χ1v) is 42.1. The summed E-state index contributed by atoms with van der Waals surface area (Å²) in [6, 6.07) is -1.33. The van der Waals surface area contributed by atoms with E-state index in [1.807, 2.05) is 13.2 Å². The van der Waals surface area contributed by atoms with Crippen LogP contribution in [-0.2, 0) is 30.3 Å². The van der Waals surface area contributed by atoms with E-state index in [4.69, 9.17) is 51.6 Å². The minimum Gasteiger partial charge on any atom is -0.505 e. The quantitative estimate of drug-likeness (QED) is 0.0141. The summed E-state index contributed by atoms with van der Waals surface area (Å²) in [4.78, 5) is 42.3. The number of nitrogens with two attached hydrogens (primary N) is 2. The molecular formula is C87H138N2O13SSe. The minimum absolute atomic E-state index is 0.107. The molecule has 0 fully saturated rings. The Hall–Kier alpha value is -5.91. The van der Waals surface area contributed by atoms with E-state index >= 15 is 0 Å². The summed E-state index contributed by atoms with van der Waals surface area (Å²) in [7, 11) is 0. The number of hydrogen-bond donors (Lipinski definition) is 8. The van der Waals surface area contributed by atoms with E-state index in [9.17, 15) is 19.2 Å². The zero-order valence-corrected chi connectivity index (χ0v) is 70.2. The standard InChI is InChI=1S/C40H56.C31H52O3.C6H8O6.C5H11NO2S.C5H11NO2Se/c1-31(19-13-21-33(3)25-27-37-35(5)23-15-29-39(37,7)8)17-11-12-18-32(2)20-14-22-34(4)26-28-38-36(6)24-16-30-40(38,9)10;1-21(2)13-10-14-22(3)15-11-16-23(4)17-12-19-31(9)20-18-28-26(7)29(33-27(8)32)24(5)25(6)30(28)34-31;7-1-2(8)5-3(9)4(10)6(11)12-5;2*1-9-3-2-4(6)5(7)8/h11-14,17-22,25-28H,15-16,23-24,29-30H2,1-10H3;21-23H,10-20H2,1-9H3;2,5,7-10H,1H2;2*4H,2-3,6H2,1H3,(H,7,8)/b12-11+,19-13+,20-14+,27-25+,28-26+,31-17+,32-18+,33-21+,34-22+;;;;/t;22-,23-,31-;2-,5+;2*4-/m.1000/s1. The van der Waals surface area contributed by atoms with Gasteiger partial charge in [0.2, 0.25) is 5.76 Å². The third-order valence-corrected chi connectivity index (χ3v) is 21.8. The van der Waals surface area contributed by atoms with Crippen molar-refractivity contribution in [1.82, 2.24) is 0 Å². The molecular weight excluding hydrogens is 1390 g/mol. The molecule has 0 aromatic heterocycles. The molecule has 0 unspecified atom stereocenters. The summed E-state index contributed by atoms with van der Waals surface area (Å²) < 4.78 is 16.5. The van der Waals surface area contributed by atoms with Gasteiger partial charge in [0.15, 0.2) is 11.9 Å². The molecule has 2 heterocycles. The van der Waals surface area contributed by atoms with Crippen LogP contribution in [-0.4, -0.2) is 118 Å². The predicted octanol–water partition coefficient (Wildman–Crippen LogP) is 20.4. The second kappa shape index (κ2) is 49.9. The second-order valence-electron chi connectivity index (χ2n) is 31.1. The van der Waals surface area contributed by atoms with E-state index in [0.717, 1.165) is 76.3 Å². The van der Waals surface area contributed by atoms with Crippen molar-refractivity contribution in [2.75, 3.05) is 18.6 Å². The molecule has 10 N–H and O–H groups in total. The van der Waals surface area contributed by atoms with Crippen LogP contribution in [0.4, 0.5) is 0 Å². The number of aliphatic carboxylic acids is 2. The fourth-order valence-electron chi connectivity index (χ4n) is 12.9. The number of hydrogen-bond acceptors (Lipinski definition) is 14. The zero-order chi connectivity index (χ0) is 79.1. The molecule has 2 aliphatic carbocycles. The van der Waals surface area contributed by atoms with Gasteiger partial charge in [0.25, 0.3) is 0 Å². The van der Waals surface area contributed by atoms with Crippen molar-refractivity contribution in [3.05, 3.63) is 163 Å². The monoisotopic (exact) mass is 1530 g/mol. The SMILES string of the molecule is CC(=O)Oc1c(C)c(C)c2c(c1C)CC[C@@](C)(CCC[C@H](C)CCC[C@H](C)CCCC(C)C)O2.CC1=C(/C=C/C(C)=C/C=C/C(C)=C/C=C/C=C(C)/C=C/C=C(C)/C=C/C2=C(C)CCCC2(C)C)C(C)(C)CCC1.CSCC[C@H](N)C(=O)O.C[Se]CC[C@H](N)C(=O)O.O=C1O[C@H]([C@@H](O)CO)C(O)=C1O. The van der Waals surface area contributed by atoms with Crippen molar-refractivity contribution in [3.63, 3.8) is 0 Å². The molecule has 104 heavy (non-hydrogen) atoms. The van der Waals surface area contributed by atoms with Crippen LogP contribution in [0.15, 0.2) is 141 Å². The van der Waals surface area contributed by atoms with Crippen LogP contribution in [0.5, 0.6) is 11.5 Å². The van der Waals surface area contributed by atoms with Gasteiger partial charge >= 0.3 is 78.1 Å². The number of thioether (sulfide) groups is 1.